The fraction of sp³-hybridized carbons (Fsp3) is 0.188. The average molecular weight is 278 g/mol. The van der Waals surface area contributed by atoms with Crippen molar-refractivity contribution in [3.8, 4) is 6.07 Å². The SMILES string of the molecule is N#Cc1cccnc1NC1CCN(c2ccccc2)C1=O. The number of anilines is 2. The van der Waals surface area contributed by atoms with Gasteiger partial charge in [0.2, 0.25) is 5.91 Å². The minimum Gasteiger partial charge on any atom is -0.357 e. The highest BCUT2D eigenvalue weighted by molar-refractivity contribution is 6.01. The molecule has 104 valence electrons. The van der Waals surface area contributed by atoms with Gasteiger partial charge in [-0.15, -0.1) is 0 Å². The third-order valence-electron chi connectivity index (χ3n) is 3.51. The van der Waals surface area contributed by atoms with Crippen molar-refractivity contribution in [3.63, 3.8) is 0 Å². The van der Waals surface area contributed by atoms with Gasteiger partial charge in [0, 0.05) is 18.4 Å². The van der Waals surface area contributed by atoms with Gasteiger partial charge in [-0.2, -0.15) is 5.26 Å². The summed E-state index contributed by atoms with van der Waals surface area (Å²) in [5, 5.41) is 12.1. The molecule has 1 saturated heterocycles. The van der Waals surface area contributed by atoms with Crippen molar-refractivity contribution < 1.29 is 4.79 Å². The molecular weight excluding hydrogens is 264 g/mol. The number of rotatable bonds is 3. The second-order valence-corrected chi connectivity index (χ2v) is 4.82. The monoisotopic (exact) mass is 278 g/mol. The van der Waals surface area contributed by atoms with Crippen molar-refractivity contribution in [2.45, 2.75) is 12.5 Å². The lowest BCUT2D eigenvalue weighted by molar-refractivity contribution is -0.117. The predicted molar refractivity (Wildman–Crippen MR) is 79.8 cm³/mol. The highest BCUT2D eigenvalue weighted by atomic mass is 16.2. The van der Waals surface area contributed by atoms with Gasteiger partial charge in [-0.3, -0.25) is 4.79 Å². The summed E-state index contributed by atoms with van der Waals surface area (Å²) < 4.78 is 0. The summed E-state index contributed by atoms with van der Waals surface area (Å²) in [5.74, 6) is 0.476. The molecule has 1 N–H and O–H groups in total. The van der Waals surface area contributed by atoms with E-state index in [-0.39, 0.29) is 11.9 Å². The van der Waals surface area contributed by atoms with Crippen LogP contribution < -0.4 is 10.2 Å². The summed E-state index contributed by atoms with van der Waals surface area (Å²) in [6.07, 6.45) is 2.30. The summed E-state index contributed by atoms with van der Waals surface area (Å²) in [5.41, 5.74) is 1.34. The Morgan fingerprint density at radius 2 is 2.05 bits per heavy atom. The van der Waals surface area contributed by atoms with Gasteiger partial charge in [0.1, 0.15) is 17.9 Å². The molecule has 3 rings (SSSR count). The van der Waals surface area contributed by atoms with Gasteiger partial charge in [-0.05, 0) is 30.7 Å². The molecule has 0 radical (unpaired) electrons. The van der Waals surface area contributed by atoms with Crippen LogP contribution in [0.1, 0.15) is 12.0 Å². The van der Waals surface area contributed by atoms with E-state index in [4.69, 9.17) is 5.26 Å². The van der Waals surface area contributed by atoms with Gasteiger partial charge in [0.15, 0.2) is 0 Å². The Labute approximate surface area is 122 Å². The van der Waals surface area contributed by atoms with Crippen molar-refractivity contribution >= 4 is 17.4 Å². The highest BCUT2D eigenvalue weighted by Gasteiger charge is 2.32. The standard InChI is InChI=1S/C16H14N4O/c17-11-12-5-4-9-18-15(12)19-14-8-10-20(16(14)21)13-6-2-1-3-7-13/h1-7,9,14H,8,10H2,(H,18,19). The Bertz CT molecular complexity index is 693. The van der Waals surface area contributed by atoms with Gasteiger partial charge in [0.05, 0.1) is 5.56 Å². The van der Waals surface area contributed by atoms with E-state index in [1.165, 1.54) is 0 Å². The van der Waals surface area contributed by atoms with Crippen LogP contribution >= 0.6 is 0 Å². The maximum absolute atomic E-state index is 12.5. The molecule has 1 atom stereocenters. The quantitative estimate of drug-likeness (QED) is 0.934. The molecule has 2 heterocycles. The number of nitrogens with zero attached hydrogens (tertiary/aromatic N) is 3. The zero-order valence-corrected chi connectivity index (χ0v) is 11.4. The lowest BCUT2D eigenvalue weighted by Crippen LogP contribution is -2.33. The van der Waals surface area contributed by atoms with Gasteiger partial charge in [-0.1, -0.05) is 18.2 Å². The smallest absolute Gasteiger partial charge is 0.249 e. The van der Waals surface area contributed by atoms with Crippen LogP contribution in [-0.4, -0.2) is 23.5 Å². The first-order valence-corrected chi connectivity index (χ1v) is 6.77. The zero-order valence-electron chi connectivity index (χ0n) is 11.4. The number of nitriles is 1. The predicted octanol–water partition coefficient (Wildman–Crippen LogP) is 2.17. The Hall–Kier alpha value is -2.87. The number of hydrogen-bond acceptors (Lipinski definition) is 4. The second-order valence-electron chi connectivity index (χ2n) is 4.82. The van der Waals surface area contributed by atoms with Gasteiger partial charge in [-0.25, -0.2) is 4.98 Å². The van der Waals surface area contributed by atoms with E-state index in [1.54, 1.807) is 23.2 Å². The van der Waals surface area contributed by atoms with E-state index in [0.717, 1.165) is 5.69 Å². The van der Waals surface area contributed by atoms with Crippen LogP contribution in [0, 0.1) is 11.3 Å². The summed E-state index contributed by atoms with van der Waals surface area (Å²) in [4.78, 5) is 18.4. The molecule has 1 aromatic heterocycles. The Morgan fingerprint density at radius 3 is 2.81 bits per heavy atom. The number of para-hydroxylation sites is 1. The number of hydrogen-bond donors (Lipinski definition) is 1. The van der Waals surface area contributed by atoms with E-state index in [1.807, 2.05) is 30.3 Å². The van der Waals surface area contributed by atoms with Crippen LogP contribution in [0.2, 0.25) is 0 Å². The molecule has 1 aliphatic rings. The van der Waals surface area contributed by atoms with E-state index >= 15 is 0 Å². The first-order valence-electron chi connectivity index (χ1n) is 6.77. The molecule has 2 aromatic rings. The Balaban J connectivity index is 1.77. The summed E-state index contributed by atoms with van der Waals surface area (Å²) >= 11 is 0. The maximum Gasteiger partial charge on any atom is 0.249 e. The molecule has 0 saturated carbocycles. The lowest BCUT2D eigenvalue weighted by Gasteiger charge is -2.17. The molecule has 0 aliphatic carbocycles. The van der Waals surface area contributed by atoms with Crippen molar-refractivity contribution in [2.75, 3.05) is 16.8 Å². The van der Waals surface area contributed by atoms with E-state index < -0.39 is 0 Å². The van der Waals surface area contributed by atoms with Crippen LogP contribution in [0.5, 0.6) is 0 Å². The summed E-state index contributed by atoms with van der Waals surface area (Å²) in [7, 11) is 0. The molecule has 0 bridgehead atoms. The van der Waals surface area contributed by atoms with Gasteiger partial charge < -0.3 is 10.2 Å². The summed E-state index contributed by atoms with van der Waals surface area (Å²) in [6, 6.07) is 14.7. The molecule has 1 fully saturated rings. The maximum atomic E-state index is 12.5. The Morgan fingerprint density at radius 1 is 1.24 bits per heavy atom. The molecule has 1 aromatic carbocycles. The Kier molecular flexibility index (Phi) is 3.52. The van der Waals surface area contributed by atoms with Crippen LogP contribution in [0.15, 0.2) is 48.7 Å². The van der Waals surface area contributed by atoms with Crippen molar-refractivity contribution in [1.82, 2.24) is 4.98 Å². The molecule has 1 amide bonds. The molecular formula is C16H14N4O. The molecule has 21 heavy (non-hydrogen) atoms. The van der Waals surface area contributed by atoms with Crippen LogP contribution in [0.3, 0.4) is 0 Å². The van der Waals surface area contributed by atoms with Crippen LogP contribution in [-0.2, 0) is 4.79 Å². The van der Waals surface area contributed by atoms with Crippen molar-refractivity contribution in [3.05, 3.63) is 54.2 Å². The number of aromatic nitrogens is 1. The molecule has 5 heteroatoms. The minimum absolute atomic E-state index is 0.00995. The molecule has 1 aliphatic heterocycles. The number of nitrogens with one attached hydrogen (secondary N) is 1. The number of carbonyl (C=O) groups excluding carboxylic acids is 1. The first-order chi connectivity index (χ1) is 10.3. The third kappa shape index (κ3) is 2.56. The van der Waals surface area contributed by atoms with Crippen LogP contribution in [0.4, 0.5) is 11.5 Å². The normalized spacial score (nSPS) is 17.6. The number of carbonyl (C=O) groups is 1. The second kappa shape index (κ2) is 5.63. The highest BCUT2D eigenvalue weighted by Crippen LogP contribution is 2.23. The van der Waals surface area contributed by atoms with Gasteiger partial charge >= 0.3 is 0 Å². The molecule has 5 nitrogen and oxygen atoms in total. The van der Waals surface area contributed by atoms with Crippen molar-refractivity contribution in [2.24, 2.45) is 0 Å². The van der Waals surface area contributed by atoms with Crippen LogP contribution in [0.25, 0.3) is 0 Å². The third-order valence-corrected chi connectivity index (χ3v) is 3.51. The zero-order chi connectivity index (χ0) is 14.7. The van der Waals surface area contributed by atoms with E-state index in [0.29, 0.717) is 24.3 Å². The number of benzene rings is 1. The molecule has 0 spiro atoms. The fourth-order valence-electron chi connectivity index (χ4n) is 2.45. The number of pyridine rings is 1. The number of amides is 1. The van der Waals surface area contributed by atoms with Gasteiger partial charge in [0.25, 0.3) is 0 Å². The van der Waals surface area contributed by atoms with E-state index in [9.17, 15) is 4.79 Å². The average Bonchev–Trinajstić information content (AvgIpc) is 2.90. The largest absolute Gasteiger partial charge is 0.357 e. The van der Waals surface area contributed by atoms with E-state index in [2.05, 4.69) is 16.4 Å². The fourth-order valence-corrected chi connectivity index (χ4v) is 2.45. The summed E-state index contributed by atoms with van der Waals surface area (Å²) in [6.45, 7) is 0.662. The van der Waals surface area contributed by atoms with Crippen molar-refractivity contribution in [1.29, 1.82) is 5.26 Å². The topological polar surface area (TPSA) is 69.0 Å². The lowest BCUT2D eigenvalue weighted by atomic mass is 10.2. The molecule has 1 unspecified atom stereocenters. The first kappa shape index (κ1) is 13.1. The minimum atomic E-state index is -0.341.